The Bertz CT molecular complexity index is 526. The van der Waals surface area contributed by atoms with Gasteiger partial charge in [0.05, 0.1) is 0 Å². The number of guanidine groups is 1. The molecule has 2 fully saturated rings. The van der Waals surface area contributed by atoms with Gasteiger partial charge in [-0.2, -0.15) is 11.3 Å². The number of hydrogen-bond donors (Lipinski definition) is 2. The lowest BCUT2D eigenvalue weighted by Crippen LogP contribution is -2.48. The number of likely N-dealkylation sites (tertiary alicyclic amines) is 1. The van der Waals surface area contributed by atoms with Gasteiger partial charge >= 0.3 is 0 Å². The highest BCUT2D eigenvalue weighted by atomic mass is 32.1. The minimum Gasteiger partial charge on any atom is -0.357 e. The minimum absolute atomic E-state index is 0.423. The van der Waals surface area contributed by atoms with Crippen LogP contribution in [0.5, 0.6) is 0 Å². The SMILES string of the molecule is CCNC(=NCC1(C)CCCC1)NC1CCN(Cc2ccsc2)CC1. The molecule has 140 valence electrons. The summed E-state index contributed by atoms with van der Waals surface area (Å²) in [5, 5.41) is 11.6. The molecule has 0 bridgehead atoms. The average Bonchev–Trinajstić information content (AvgIpc) is 3.27. The molecule has 2 heterocycles. The van der Waals surface area contributed by atoms with Crippen LogP contribution in [0.25, 0.3) is 0 Å². The van der Waals surface area contributed by atoms with Crippen molar-refractivity contribution in [3.05, 3.63) is 22.4 Å². The fraction of sp³-hybridized carbons (Fsp3) is 0.750. The number of piperidine rings is 1. The molecule has 1 aliphatic heterocycles. The summed E-state index contributed by atoms with van der Waals surface area (Å²) >= 11 is 1.79. The predicted octanol–water partition coefficient (Wildman–Crippen LogP) is 3.85. The standard InChI is InChI=1S/C20H34N4S/c1-3-21-19(22-16-20(2)9-4-5-10-20)23-18-6-11-24(12-7-18)14-17-8-13-25-15-17/h8,13,15,18H,3-7,9-12,14,16H2,1-2H3,(H2,21,22,23). The third-order valence-electron chi connectivity index (χ3n) is 5.69. The Labute approximate surface area is 157 Å². The lowest BCUT2D eigenvalue weighted by Gasteiger charge is -2.33. The third kappa shape index (κ3) is 5.71. The van der Waals surface area contributed by atoms with Crippen molar-refractivity contribution in [1.29, 1.82) is 0 Å². The van der Waals surface area contributed by atoms with E-state index in [0.29, 0.717) is 11.5 Å². The fourth-order valence-corrected chi connectivity index (χ4v) is 4.71. The van der Waals surface area contributed by atoms with E-state index in [9.17, 15) is 0 Å². The largest absolute Gasteiger partial charge is 0.357 e. The summed E-state index contributed by atoms with van der Waals surface area (Å²) in [5.41, 5.74) is 1.88. The van der Waals surface area contributed by atoms with Crippen molar-refractivity contribution in [3.63, 3.8) is 0 Å². The lowest BCUT2D eigenvalue weighted by atomic mass is 9.89. The molecule has 0 atom stereocenters. The number of nitrogens with one attached hydrogen (secondary N) is 2. The first kappa shape index (κ1) is 18.7. The van der Waals surface area contributed by atoms with Crippen molar-refractivity contribution >= 4 is 17.3 Å². The zero-order valence-corrected chi connectivity index (χ0v) is 16.7. The Balaban J connectivity index is 1.46. The predicted molar refractivity (Wildman–Crippen MR) is 108 cm³/mol. The van der Waals surface area contributed by atoms with Crippen molar-refractivity contribution < 1.29 is 0 Å². The quantitative estimate of drug-likeness (QED) is 0.596. The van der Waals surface area contributed by atoms with Crippen LogP contribution in [0.15, 0.2) is 21.8 Å². The van der Waals surface area contributed by atoms with Crippen LogP contribution in [0.2, 0.25) is 0 Å². The molecule has 0 spiro atoms. The smallest absolute Gasteiger partial charge is 0.191 e. The van der Waals surface area contributed by atoms with Gasteiger partial charge in [-0.25, -0.2) is 0 Å². The zero-order chi connectivity index (χ0) is 17.5. The number of nitrogens with zero attached hydrogens (tertiary/aromatic N) is 2. The molecule has 0 aromatic carbocycles. The van der Waals surface area contributed by atoms with Crippen LogP contribution in [-0.2, 0) is 6.54 Å². The van der Waals surface area contributed by atoms with E-state index in [1.807, 2.05) is 0 Å². The maximum atomic E-state index is 4.92. The Hall–Kier alpha value is -1.07. The maximum Gasteiger partial charge on any atom is 0.191 e. The summed E-state index contributed by atoms with van der Waals surface area (Å²) < 4.78 is 0. The topological polar surface area (TPSA) is 39.7 Å². The number of rotatable bonds is 6. The molecule has 1 aliphatic carbocycles. The van der Waals surface area contributed by atoms with E-state index in [0.717, 1.165) is 25.6 Å². The van der Waals surface area contributed by atoms with Gasteiger partial charge in [-0.15, -0.1) is 0 Å². The van der Waals surface area contributed by atoms with Gasteiger partial charge in [-0.3, -0.25) is 9.89 Å². The van der Waals surface area contributed by atoms with Crippen molar-refractivity contribution in [1.82, 2.24) is 15.5 Å². The molecule has 2 aliphatic rings. The molecule has 4 nitrogen and oxygen atoms in total. The highest BCUT2D eigenvalue weighted by molar-refractivity contribution is 7.07. The van der Waals surface area contributed by atoms with Gasteiger partial charge in [0.15, 0.2) is 5.96 Å². The molecule has 1 saturated heterocycles. The van der Waals surface area contributed by atoms with E-state index in [1.54, 1.807) is 11.3 Å². The first-order valence-electron chi connectivity index (χ1n) is 9.95. The molecule has 1 saturated carbocycles. The molecule has 3 rings (SSSR count). The molecule has 0 unspecified atom stereocenters. The normalized spacial score (nSPS) is 22.2. The molecule has 0 amide bonds. The molecule has 0 radical (unpaired) electrons. The van der Waals surface area contributed by atoms with E-state index < -0.39 is 0 Å². The maximum absolute atomic E-state index is 4.92. The van der Waals surface area contributed by atoms with Crippen LogP contribution in [0, 0.1) is 5.41 Å². The van der Waals surface area contributed by atoms with Gasteiger partial charge in [-0.05, 0) is 60.4 Å². The second-order valence-corrected chi connectivity index (χ2v) is 8.82. The number of thiophene rings is 1. The van der Waals surface area contributed by atoms with Gasteiger partial charge in [0, 0.05) is 38.8 Å². The summed E-state index contributed by atoms with van der Waals surface area (Å²) in [7, 11) is 0. The second-order valence-electron chi connectivity index (χ2n) is 8.04. The first-order valence-corrected chi connectivity index (χ1v) is 10.9. The van der Waals surface area contributed by atoms with Crippen LogP contribution in [0.3, 0.4) is 0 Å². The third-order valence-corrected chi connectivity index (χ3v) is 6.42. The molecular formula is C20H34N4S. The summed E-state index contributed by atoms with van der Waals surface area (Å²) in [6.45, 7) is 9.88. The van der Waals surface area contributed by atoms with Crippen molar-refractivity contribution in [2.75, 3.05) is 26.2 Å². The van der Waals surface area contributed by atoms with Crippen LogP contribution in [0.4, 0.5) is 0 Å². The Morgan fingerprint density at radius 2 is 2.08 bits per heavy atom. The average molecular weight is 363 g/mol. The van der Waals surface area contributed by atoms with E-state index >= 15 is 0 Å². The van der Waals surface area contributed by atoms with E-state index in [2.05, 4.69) is 46.2 Å². The van der Waals surface area contributed by atoms with Crippen LogP contribution in [0.1, 0.15) is 57.9 Å². The van der Waals surface area contributed by atoms with Crippen LogP contribution < -0.4 is 10.6 Å². The zero-order valence-electron chi connectivity index (χ0n) is 15.9. The summed E-state index contributed by atoms with van der Waals surface area (Å²) in [6.07, 6.45) is 7.81. The van der Waals surface area contributed by atoms with Crippen LogP contribution >= 0.6 is 11.3 Å². The second kappa shape index (κ2) is 9.04. The molecular weight excluding hydrogens is 328 g/mol. The number of aliphatic imine (C=N–C) groups is 1. The van der Waals surface area contributed by atoms with Crippen LogP contribution in [-0.4, -0.2) is 43.1 Å². The van der Waals surface area contributed by atoms with Gasteiger partial charge in [-0.1, -0.05) is 19.8 Å². The lowest BCUT2D eigenvalue weighted by molar-refractivity contribution is 0.198. The molecule has 1 aromatic heterocycles. The van der Waals surface area contributed by atoms with E-state index in [4.69, 9.17) is 4.99 Å². The Morgan fingerprint density at radius 3 is 2.72 bits per heavy atom. The molecule has 2 N–H and O–H groups in total. The first-order chi connectivity index (χ1) is 12.2. The summed E-state index contributed by atoms with van der Waals surface area (Å²) in [4.78, 5) is 7.50. The fourth-order valence-electron chi connectivity index (χ4n) is 4.05. The molecule has 5 heteroatoms. The molecule has 1 aromatic rings. The van der Waals surface area contributed by atoms with Gasteiger partial charge in [0.1, 0.15) is 0 Å². The summed E-state index contributed by atoms with van der Waals surface area (Å²) in [5.74, 6) is 1.02. The number of hydrogen-bond acceptors (Lipinski definition) is 3. The molecule has 25 heavy (non-hydrogen) atoms. The highest BCUT2D eigenvalue weighted by Gasteiger charge is 2.28. The highest BCUT2D eigenvalue weighted by Crippen LogP contribution is 2.37. The van der Waals surface area contributed by atoms with Gasteiger partial charge in [0.25, 0.3) is 0 Å². The van der Waals surface area contributed by atoms with Gasteiger partial charge < -0.3 is 10.6 Å². The Morgan fingerprint density at radius 1 is 1.32 bits per heavy atom. The Kier molecular flexibility index (Phi) is 6.77. The van der Waals surface area contributed by atoms with Crippen molar-refractivity contribution in [2.45, 2.75) is 65.0 Å². The van der Waals surface area contributed by atoms with Gasteiger partial charge in [0.2, 0.25) is 0 Å². The van der Waals surface area contributed by atoms with Crippen molar-refractivity contribution in [2.24, 2.45) is 10.4 Å². The minimum atomic E-state index is 0.423. The monoisotopic (exact) mass is 362 g/mol. The summed E-state index contributed by atoms with van der Waals surface area (Å²) in [6, 6.07) is 2.79. The van der Waals surface area contributed by atoms with E-state index in [-0.39, 0.29) is 0 Å². The van der Waals surface area contributed by atoms with E-state index in [1.165, 1.54) is 57.2 Å². The van der Waals surface area contributed by atoms with Crippen molar-refractivity contribution in [3.8, 4) is 0 Å².